The standard InChI is InChI=1S/C20H19NO3/c1-14-17(12-19(24-14)15-8-4-3-5-9-15)20(22)21-13-16-10-6-7-11-18(16)23-2/h3-12H,13H2,1-2H3,(H,21,22). The van der Waals surface area contributed by atoms with Crippen LogP contribution in [0, 0.1) is 6.92 Å². The van der Waals surface area contributed by atoms with Crippen molar-refractivity contribution in [3.05, 3.63) is 77.6 Å². The lowest BCUT2D eigenvalue weighted by Crippen LogP contribution is -2.23. The number of para-hydroxylation sites is 1. The second-order valence-electron chi connectivity index (χ2n) is 5.44. The van der Waals surface area contributed by atoms with Crippen LogP contribution in [0.3, 0.4) is 0 Å². The molecule has 1 aromatic heterocycles. The Morgan fingerprint density at radius 2 is 1.79 bits per heavy atom. The summed E-state index contributed by atoms with van der Waals surface area (Å²) >= 11 is 0. The number of rotatable bonds is 5. The number of methoxy groups -OCH3 is 1. The monoisotopic (exact) mass is 321 g/mol. The van der Waals surface area contributed by atoms with Crippen molar-refractivity contribution in [3.8, 4) is 17.1 Å². The van der Waals surface area contributed by atoms with Crippen LogP contribution in [0.1, 0.15) is 21.7 Å². The number of nitrogens with one attached hydrogen (secondary N) is 1. The lowest BCUT2D eigenvalue weighted by Gasteiger charge is -2.09. The number of aryl methyl sites for hydroxylation is 1. The van der Waals surface area contributed by atoms with Crippen molar-refractivity contribution in [2.24, 2.45) is 0 Å². The molecule has 0 saturated heterocycles. The van der Waals surface area contributed by atoms with E-state index < -0.39 is 0 Å². The van der Waals surface area contributed by atoms with Crippen molar-refractivity contribution in [1.82, 2.24) is 5.32 Å². The van der Waals surface area contributed by atoms with E-state index in [4.69, 9.17) is 9.15 Å². The van der Waals surface area contributed by atoms with E-state index in [1.807, 2.05) is 54.6 Å². The first-order chi connectivity index (χ1) is 11.7. The Hall–Kier alpha value is -3.01. The van der Waals surface area contributed by atoms with Gasteiger partial charge >= 0.3 is 0 Å². The van der Waals surface area contributed by atoms with Gasteiger partial charge in [-0.05, 0) is 19.1 Å². The molecule has 0 fully saturated rings. The summed E-state index contributed by atoms with van der Waals surface area (Å²) in [6.07, 6.45) is 0. The van der Waals surface area contributed by atoms with Crippen LogP contribution in [-0.2, 0) is 6.54 Å². The zero-order chi connectivity index (χ0) is 16.9. The predicted octanol–water partition coefficient (Wildman–Crippen LogP) is 4.19. The zero-order valence-corrected chi connectivity index (χ0v) is 13.7. The second kappa shape index (κ2) is 7.04. The maximum atomic E-state index is 12.5. The number of carbonyl (C=O) groups is 1. The molecule has 0 spiro atoms. The number of furan rings is 1. The van der Waals surface area contributed by atoms with Crippen LogP contribution in [0.25, 0.3) is 11.3 Å². The third kappa shape index (κ3) is 3.33. The minimum atomic E-state index is -0.163. The van der Waals surface area contributed by atoms with Gasteiger partial charge in [-0.3, -0.25) is 4.79 Å². The molecule has 1 amide bonds. The number of hydrogen-bond acceptors (Lipinski definition) is 3. The largest absolute Gasteiger partial charge is 0.496 e. The molecule has 0 saturated carbocycles. The summed E-state index contributed by atoms with van der Waals surface area (Å²) < 4.78 is 11.0. The minimum absolute atomic E-state index is 0.163. The number of amides is 1. The molecule has 0 bridgehead atoms. The molecule has 0 atom stereocenters. The highest BCUT2D eigenvalue weighted by Crippen LogP contribution is 2.25. The van der Waals surface area contributed by atoms with Gasteiger partial charge in [0.2, 0.25) is 0 Å². The van der Waals surface area contributed by atoms with E-state index in [0.717, 1.165) is 16.9 Å². The van der Waals surface area contributed by atoms with E-state index in [0.29, 0.717) is 23.6 Å². The summed E-state index contributed by atoms with van der Waals surface area (Å²) in [5, 5.41) is 2.92. The third-order valence-electron chi connectivity index (χ3n) is 3.85. The van der Waals surface area contributed by atoms with Gasteiger partial charge in [0.25, 0.3) is 5.91 Å². The van der Waals surface area contributed by atoms with Crippen molar-refractivity contribution in [1.29, 1.82) is 0 Å². The number of ether oxygens (including phenoxy) is 1. The predicted molar refractivity (Wildman–Crippen MR) is 93.0 cm³/mol. The Kier molecular flexibility index (Phi) is 4.66. The van der Waals surface area contributed by atoms with Crippen LogP contribution in [-0.4, -0.2) is 13.0 Å². The summed E-state index contributed by atoms with van der Waals surface area (Å²) in [5.74, 6) is 1.89. The van der Waals surface area contributed by atoms with Crippen molar-refractivity contribution in [2.75, 3.05) is 7.11 Å². The van der Waals surface area contributed by atoms with Gasteiger partial charge in [0, 0.05) is 17.7 Å². The zero-order valence-electron chi connectivity index (χ0n) is 13.7. The van der Waals surface area contributed by atoms with Crippen molar-refractivity contribution >= 4 is 5.91 Å². The van der Waals surface area contributed by atoms with Gasteiger partial charge in [0.1, 0.15) is 17.3 Å². The summed E-state index contributed by atoms with van der Waals surface area (Å²) in [5.41, 5.74) is 2.42. The van der Waals surface area contributed by atoms with E-state index in [1.54, 1.807) is 20.1 Å². The van der Waals surface area contributed by atoms with Crippen LogP contribution in [0.5, 0.6) is 5.75 Å². The fraction of sp³-hybridized carbons (Fsp3) is 0.150. The maximum absolute atomic E-state index is 12.5. The molecule has 3 rings (SSSR count). The van der Waals surface area contributed by atoms with E-state index in [1.165, 1.54) is 0 Å². The molecule has 3 aromatic rings. The maximum Gasteiger partial charge on any atom is 0.255 e. The van der Waals surface area contributed by atoms with E-state index in [-0.39, 0.29) is 5.91 Å². The van der Waals surface area contributed by atoms with Crippen molar-refractivity contribution in [2.45, 2.75) is 13.5 Å². The van der Waals surface area contributed by atoms with Gasteiger partial charge in [0.05, 0.1) is 12.7 Å². The first-order valence-electron chi connectivity index (χ1n) is 7.75. The van der Waals surface area contributed by atoms with Crippen LogP contribution < -0.4 is 10.1 Å². The molecule has 0 aliphatic heterocycles. The number of benzene rings is 2. The van der Waals surface area contributed by atoms with Crippen LogP contribution in [0.2, 0.25) is 0 Å². The first-order valence-corrected chi connectivity index (χ1v) is 7.75. The van der Waals surface area contributed by atoms with Gasteiger partial charge in [0.15, 0.2) is 0 Å². The number of carbonyl (C=O) groups excluding carboxylic acids is 1. The summed E-state index contributed by atoms with van der Waals surface area (Å²) in [4.78, 5) is 12.5. The second-order valence-corrected chi connectivity index (χ2v) is 5.44. The molecular weight excluding hydrogens is 302 g/mol. The fourth-order valence-corrected chi connectivity index (χ4v) is 2.57. The van der Waals surface area contributed by atoms with Gasteiger partial charge in [-0.1, -0.05) is 48.5 Å². The van der Waals surface area contributed by atoms with Crippen LogP contribution in [0.15, 0.2) is 65.1 Å². The highest BCUT2D eigenvalue weighted by molar-refractivity contribution is 5.96. The van der Waals surface area contributed by atoms with Crippen molar-refractivity contribution in [3.63, 3.8) is 0 Å². The Bertz CT molecular complexity index is 837. The molecule has 1 N–H and O–H groups in total. The van der Waals surface area contributed by atoms with Crippen molar-refractivity contribution < 1.29 is 13.9 Å². The Morgan fingerprint density at radius 3 is 2.54 bits per heavy atom. The lowest BCUT2D eigenvalue weighted by molar-refractivity contribution is 0.0949. The van der Waals surface area contributed by atoms with Gasteiger partial charge in [-0.15, -0.1) is 0 Å². The highest BCUT2D eigenvalue weighted by atomic mass is 16.5. The Morgan fingerprint density at radius 1 is 1.08 bits per heavy atom. The molecule has 4 nitrogen and oxygen atoms in total. The van der Waals surface area contributed by atoms with E-state index >= 15 is 0 Å². The first kappa shape index (κ1) is 15.9. The molecule has 4 heteroatoms. The van der Waals surface area contributed by atoms with E-state index in [2.05, 4.69) is 5.32 Å². The Labute approximate surface area is 141 Å². The average Bonchev–Trinajstić information content (AvgIpc) is 3.02. The van der Waals surface area contributed by atoms with Gasteiger partial charge in [-0.2, -0.15) is 0 Å². The normalized spacial score (nSPS) is 10.4. The SMILES string of the molecule is COc1ccccc1CNC(=O)c1cc(-c2ccccc2)oc1C. The molecule has 1 heterocycles. The summed E-state index contributed by atoms with van der Waals surface area (Å²) in [6.45, 7) is 2.19. The topological polar surface area (TPSA) is 51.5 Å². The Balaban J connectivity index is 1.75. The molecular formula is C20H19NO3. The highest BCUT2D eigenvalue weighted by Gasteiger charge is 2.16. The quantitative estimate of drug-likeness (QED) is 0.766. The molecule has 0 unspecified atom stereocenters. The molecule has 0 radical (unpaired) electrons. The average molecular weight is 321 g/mol. The van der Waals surface area contributed by atoms with Crippen LogP contribution >= 0.6 is 0 Å². The van der Waals surface area contributed by atoms with Crippen LogP contribution in [0.4, 0.5) is 0 Å². The lowest BCUT2D eigenvalue weighted by atomic mass is 10.1. The molecule has 2 aromatic carbocycles. The molecule has 122 valence electrons. The molecule has 0 aliphatic carbocycles. The third-order valence-corrected chi connectivity index (χ3v) is 3.85. The smallest absolute Gasteiger partial charge is 0.255 e. The minimum Gasteiger partial charge on any atom is -0.496 e. The van der Waals surface area contributed by atoms with E-state index in [9.17, 15) is 4.79 Å². The molecule has 24 heavy (non-hydrogen) atoms. The number of hydrogen-bond donors (Lipinski definition) is 1. The summed E-state index contributed by atoms with van der Waals surface area (Å²) in [7, 11) is 1.62. The van der Waals surface area contributed by atoms with Gasteiger partial charge < -0.3 is 14.5 Å². The molecule has 0 aliphatic rings. The fourth-order valence-electron chi connectivity index (χ4n) is 2.57. The summed E-state index contributed by atoms with van der Waals surface area (Å²) in [6, 6.07) is 19.1. The van der Waals surface area contributed by atoms with Gasteiger partial charge in [-0.25, -0.2) is 0 Å².